The molecule has 0 aliphatic carbocycles. The normalized spacial score (nSPS) is 12.8. The van der Waals surface area contributed by atoms with Crippen LogP contribution in [-0.2, 0) is 11.2 Å². The molecule has 3 aromatic carbocycles. The summed E-state index contributed by atoms with van der Waals surface area (Å²) < 4.78 is 0. The Labute approximate surface area is 172 Å². The fourth-order valence-corrected chi connectivity index (χ4v) is 3.96. The van der Waals surface area contributed by atoms with E-state index in [1.54, 1.807) is 24.3 Å². The molecule has 29 heavy (non-hydrogen) atoms. The Morgan fingerprint density at radius 1 is 0.793 bits per heavy atom. The van der Waals surface area contributed by atoms with E-state index in [9.17, 15) is 14.4 Å². The number of hydrogen-bond donors (Lipinski definition) is 1. The van der Waals surface area contributed by atoms with Crippen LogP contribution in [0.5, 0.6) is 0 Å². The number of nitrogens with one attached hydrogen (secondary N) is 1. The molecule has 144 valence electrons. The average molecular weight is 402 g/mol. The molecule has 0 fully saturated rings. The monoisotopic (exact) mass is 402 g/mol. The summed E-state index contributed by atoms with van der Waals surface area (Å²) >= 11 is 1.40. The van der Waals surface area contributed by atoms with Crippen LogP contribution in [-0.4, -0.2) is 28.5 Å². The standard InChI is InChI=1S/C23H18N2O3S/c26-21(14-16-6-2-1-3-7-16)24-17-10-12-18(13-11-17)29-15-25-22(27)19-8-4-5-9-20(19)23(25)28/h1-13H,14-15H2,(H,24,26). The van der Waals surface area contributed by atoms with E-state index in [-0.39, 0.29) is 23.6 Å². The Hall–Kier alpha value is -3.38. The van der Waals surface area contributed by atoms with Gasteiger partial charge in [0.25, 0.3) is 11.8 Å². The minimum Gasteiger partial charge on any atom is -0.326 e. The number of carbonyl (C=O) groups is 3. The van der Waals surface area contributed by atoms with E-state index in [4.69, 9.17) is 0 Å². The third-order valence-electron chi connectivity index (χ3n) is 4.58. The van der Waals surface area contributed by atoms with Gasteiger partial charge in [0.15, 0.2) is 0 Å². The Bertz CT molecular complexity index is 1030. The zero-order chi connectivity index (χ0) is 20.2. The second kappa shape index (κ2) is 8.32. The molecule has 5 nitrogen and oxygen atoms in total. The number of hydrogen-bond acceptors (Lipinski definition) is 4. The molecule has 3 amide bonds. The summed E-state index contributed by atoms with van der Waals surface area (Å²) in [5.41, 5.74) is 2.57. The molecule has 0 bridgehead atoms. The lowest BCUT2D eigenvalue weighted by atomic mass is 10.1. The highest BCUT2D eigenvalue weighted by Gasteiger charge is 2.34. The molecule has 0 saturated carbocycles. The van der Waals surface area contributed by atoms with E-state index in [2.05, 4.69) is 5.32 Å². The van der Waals surface area contributed by atoms with Gasteiger partial charge in [0.05, 0.1) is 23.4 Å². The molecule has 0 unspecified atom stereocenters. The van der Waals surface area contributed by atoms with E-state index in [1.165, 1.54) is 16.7 Å². The van der Waals surface area contributed by atoms with Crippen LogP contribution in [0.25, 0.3) is 0 Å². The van der Waals surface area contributed by atoms with Crippen molar-refractivity contribution in [3.63, 3.8) is 0 Å². The van der Waals surface area contributed by atoms with Gasteiger partial charge in [-0.15, -0.1) is 11.8 Å². The van der Waals surface area contributed by atoms with Gasteiger partial charge in [-0.05, 0) is 42.0 Å². The fraction of sp³-hybridized carbons (Fsp3) is 0.0870. The third kappa shape index (κ3) is 4.22. The predicted molar refractivity (Wildman–Crippen MR) is 113 cm³/mol. The topological polar surface area (TPSA) is 66.5 Å². The van der Waals surface area contributed by atoms with Crippen molar-refractivity contribution in [3.8, 4) is 0 Å². The number of rotatable bonds is 6. The van der Waals surface area contributed by atoms with Gasteiger partial charge < -0.3 is 5.32 Å². The summed E-state index contributed by atoms with van der Waals surface area (Å²) in [5, 5.41) is 2.87. The van der Waals surface area contributed by atoms with Crippen LogP contribution in [0.2, 0.25) is 0 Å². The number of amides is 3. The van der Waals surface area contributed by atoms with E-state index < -0.39 is 0 Å². The molecule has 1 aliphatic heterocycles. The van der Waals surface area contributed by atoms with Crippen LogP contribution in [0.3, 0.4) is 0 Å². The lowest BCUT2D eigenvalue weighted by Crippen LogP contribution is -2.29. The molecule has 0 radical (unpaired) electrons. The molecular weight excluding hydrogens is 384 g/mol. The number of thioether (sulfide) groups is 1. The SMILES string of the molecule is O=C(Cc1ccccc1)Nc1ccc(SCN2C(=O)c3ccccc3C2=O)cc1. The second-order valence-electron chi connectivity index (χ2n) is 6.59. The highest BCUT2D eigenvalue weighted by Crippen LogP contribution is 2.27. The largest absolute Gasteiger partial charge is 0.326 e. The van der Waals surface area contributed by atoms with Crippen molar-refractivity contribution in [1.29, 1.82) is 0 Å². The molecule has 3 aromatic rings. The average Bonchev–Trinajstić information content (AvgIpc) is 2.98. The fourth-order valence-electron chi connectivity index (χ4n) is 3.12. The van der Waals surface area contributed by atoms with Crippen LogP contribution in [0.15, 0.2) is 83.8 Å². The Morgan fingerprint density at radius 3 is 2.00 bits per heavy atom. The summed E-state index contributed by atoms with van der Waals surface area (Å²) in [7, 11) is 0. The van der Waals surface area contributed by atoms with Gasteiger partial charge in [-0.1, -0.05) is 42.5 Å². The Balaban J connectivity index is 1.33. The Morgan fingerprint density at radius 2 is 1.38 bits per heavy atom. The maximum Gasteiger partial charge on any atom is 0.262 e. The smallest absolute Gasteiger partial charge is 0.262 e. The quantitative estimate of drug-likeness (QED) is 0.495. The highest BCUT2D eigenvalue weighted by molar-refractivity contribution is 7.99. The first-order valence-electron chi connectivity index (χ1n) is 9.14. The first-order valence-corrected chi connectivity index (χ1v) is 10.1. The molecule has 0 aromatic heterocycles. The number of fused-ring (bicyclic) bond motifs is 1. The minimum atomic E-state index is -0.261. The molecule has 1 heterocycles. The van der Waals surface area contributed by atoms with Crippen molar-refractivity contribution in [2.24, 2.45) is 0 Å². The van der Waals surface area contributed by atoms with Crippen LogP contribution in [0.1, 0.15) is 26.3 Å². The number of carbonyl (C=O) groups excluding carboxylic acids is 3. The highest BCUT2D eigenvalue weighted by atomic mass is 32.2. The van der Waals surface area contributed by atoms with Crippen LogP contribution < -0.4 is 5.32 Å². The van der Waals surface area contributed by atoms with Crippen molar-refractivity contribution < 1.29 is 14.4 Å². The predicted octanol–water partition coefficient (Wildman–Crippen LogP) is 4.21. The van der Waals surface area contributed by atoms with Crippen LogP contribution in [0, 0.1) is 0 Å². The summed E-state index contributed by atoms with van der Waals surface area (Å²) in [6.07, 6.45) is 0.317. The number of imide groups is 1. The molecule has 0 atom stereocenters. The number of anilines is 1. The molecule has 1 N–H and O–H groups in total. The molecular formula is C23H18N2O3S. The molecule has 0 spiro atoms. The van der Waals surface area contributed by atoms with Gasteiger partial charge in [0.2, 0.25) is 5.91 Å². The maximum absolute atomic E-state index is 12.4. The van der Waals surface area contributed by atoms with Crippen molar-refractivity contribution in [2.75, 3.05) is 11.2 Å². The van der Waals surface area contributed by atoms with Crippen LogP contribution >= 0.6 is 11.8 Å². The van der Waals surface area contributed by atoms with E-state index in [0.29, 0.717) is 23.2 Å². The maximum atomic E-state index is 12.4. The van der Waals surface area contributed by atoms with E-state index >= 15 is 0 Å². The van der Waals surface area contributed by atoms with Crippen molar-refractivity contribution >= 4 is 35.2 Å². The first-order chi connectivity index (χ1) is 14.1. The van der Waals surface area contributed by atoms with E-state index in [0.717, 1.165) is 10.5 Å². The second-order valence-corrected chi connectivity index (χ2v) is 7.61. The summed E-state index contributed by atoms with van der Waals surface area (Å²) in [4.78, 5) is 39.1. The minimum absolute atomic E-state index is 0.0809. The van der Waals surface area contributed by atoms with Gasteiger partial charge >= 0.3 is 0 Å². The third-order valence-corrected chi connectivity index (χ3v) is 5.58. The van der Waals surface area contributed by atoms with E-state index in [1.807, 2.05) is 54.6 Å². The summed E-state index contributed by atoms with van der Waals surface area (Å²) in [6.45, 7) is 0. The van der Waals surface area contributed by atoms with Crippen LogP contribution in [0.4, 0.5) is 5.69 Å². The van der Waals surface area contributed by atoms with Gasteiger partial charge in [-0.2, -0.15) is 0 Å². The van der Waals surface area contributed by atoms with Gasteiger partial charge in [-0.3, -0.25) is 19.3 Å². The van der Waals surface area contributed by atoms with Gasteiger partial charge in [0.1, 0.15) is 0 Å². The molecule has 0 saturated heterocycles. The molecule has 4 rings (SSSR count). The molecule has 6 heteroatoms. The molecule has 1 aliphatic rings. The first kappa shape index (κ1) is 19.0. The number of nitrogens with zero attached hydrogens (tertiary/aromatic N) is 1. The zero-order valence-corrected chi connectivity index (χ0v) is 16.3. The van der Waals surface area contributed by atoms with Crippen molar-refractivity contribution in [1.82, 2.24) is 4.90 Å². The number of benzene rings is 3. The summed E-state index contributed by atoms with van der Waals surface area (Å²) in [6, 6.07) is 23.8. The van der Waals surface area contributed by atoms with Gasteiger partial charge in [0, 0.05) is 10.6 Å². The lowest BCUT2D eigenvalue weighted by Gasteiger charge is -2.13. The zero-order valence-electron chi connectivity index (χ0n) is 15.5. The van der Waals surface area contributed by atoms with Crippen molar-refractivity contribution in [3.05, 3.63) is 95.6 Å². The Kier molecular flexibility index (Phi) is 5.44. The van der Waals surface area contributed by atoms with Crippen molar-refractivity contribution in [2.45, 2.75) is 11.3 Å². The van der Waals surface area contributed by atoms with Gasteiger partial charge in [-0.25, -0.2) is 0 Å². The lowest BCUT2D eigenvalue weighted by molar-refractivity contribution is -0.115. The summed E-state index contributed by atoms with van der Waals surface area (Å²) in [5.74, 6) is -0.361.